The quantitative estimate of drug-likeness (QED) is 0.472. The molecule has 1 amide bonds. The fourth-order valence-electron chi connectivity index (χ4n) is 4.23. The highest BCUT2D eigenvalue weighted by Gasteiger charge is 2.61. The van der Waals surface area contributed by atoms with Crippen molar-refractivity contribution >= 4 is 23.5 Å². The normalized spacial score (nSPS) is 18.9. The molecule has 9 heteroatoms. The van der Waals surface area contributed by atoms with Crippen LogP contribution in [0.2, 0.25) is 0 Å². The van der Waals surface area contributed by atoms with Gasteiger partial charge in [0.2, 0.25) is 11.8 Å². The maximum Gasteiger partial charge on any atom is 0.341 e. The van der Waals surface area contributed by atoms with E-state index >= 15 is 0 Å². The molecule has 2 aromatic rings. The van der Waals surface area contributed by atoms with E-state index in [-0.39, 0.29) is 42.6 Å². The van der Waals surface area contributed by atoms with Crippen molar-refractivity contribution < 1.29 is 33.3 Å². The number of esters is 2. The zero-order chi connectivity index (χ0) is 24.3. The van der Waals surface area contributed by atoms with Crippen LogP contribution in [0.4, 0.5) is 5.69 Å². The third kappa shape index (κ3) is 3.80. The molecule has 4 rings (SSSR count). The van der Waals surface area contributed by atoms with Crippen molar-refractivity contribution in [2.45, 2.75) is 18.9 Å². The van der Waals surface area contributed by atoms with Gasteiger partial charge >= 0.3 is 11.9 Å². The Kier molecular flexibility index (Phi) is 6.38. The molecule has 0 radical (unpaired) electrons. The fourth-order valence-corrected chi connectivity index (χ4v) is 4.23. The summed E-state index contributed by atoms with van der Waals surface area (Å²) in [7, 11) is 1.47. The number of allylic oxidation sites excluding steroid dienone is 1. The Morgan fingerprint density at radius 1 is 0.971 bits per heavy atom. The van der Waals surface area contributed by atoms with Crippen molar-refractivity contribution in [2.24, 2.45) is 5.73 Å². The number of fused-ring (bicyclic) bond motifs is 2. The van der Waals surface area contributed by atoms with Gasteiger partial charge in [0.25, 0.3) is 0 Å². The molecule has 2 heterocycles. The first-order chi connectivity index (χ1) is 16.4. The molecule has 1 atom stereocenters. The monoisotopic (exact) mass is 464 g/mol. The van der Waals surface area contributed by atoms with Crippen molar-refractivity contribution in [1.82, 2.24) is 0 Å². The Balaban J connectivity index is 1.82. The van der Waals surface area contributed by atoms with Gasteiger partial charge in [0.05, 0.1) is 6.61 Å². The number of methoxy groups -OCH3 is 1. The summed E-state index contributed by atoms with van der Waals surface area (Å²) in [4.78, 5) is 40.3. The second-order valence-electron chi connectivity index (χ2n) is 7.71. The van der Waals surface area contributed by atoms with Gasteiger partial charge in [-0.1, -0.05) is 48.5 Å². The number of hydrogen-bond donors (Lipinski definition) is 2. The molecule has 9 nitrogen and oxygen atoms in total. The number of hydrogen-bond acceptors (Lipinski definition) is 8. The largest absolute Gasteiger partial charge is 0.460 e. The van der Waals surface area contributed by atoms with Crippen molar-refractivity contribution in [1.29, 1.82) is 0 Å². The lowest BCUT2D eigenvalue weighted by Crippen LogP contribution is -2.48. The lowest BCUT2D eigenvalue weighted by atomic mass is 9.67. The Morgan fingerprint density at radius 2 is 1.65 bits per heavy atom. The molecule has 0 fully saturated rings. The lowest BCUT2D eigenvalue weighted by molar-refractivity contribution is -0.144. The fraction of sp³-hybridized carbons (Fsp3) is 0.240. The predicted molar refractivity (Wildman–Crippen MR) is 121 cm³/mol. The Morgan fingerprint density at radius 3 is 2.38 bits per heavy atom. The number of benzene rings is 2. The van der Waals surface area contributed by atoms with Crippen LogP contribution < -0.4 is 11.1 Å². The van der Waals surface area contributed by atoms with Crippen LogP contribution in [0.15, 0.2) is 77.4 Å². The van der Waals surface area contributed by atoms with Crippen molar-refractivity contribution in [2.75, 3.05) is 25.6 Å². The van der Waals surface area contributed by atoms with E-state index in [0.717, 1.165) is 5.56 Å². The summed E-state index contributed by atoms with van der Waals surface area (Å²) in [6.45, 7) is 1.52. The van der Waals surface area contributed by atoms with Crippen molar-refractivity contribution in [3.05, 3.63) is 88.5 Å². The standard InChI is InChI=1S/C25H24N2O7/c1-15-19(22(28)32-13-12-31-2)25(17-10-6-7-11-18(17)27-24(25)30)20(21(26)34-15)23(29)33-14-16-8-4-3-5-9-16/h3-11H,12-14,26H2,1-2H3,(H,27,30). The van der Waals surface area contributed by atoms with Gasteiger partial charge in [0, 0.05) is 18.4 Å². The van der Waals surface area contributed by atoms with Crippen LogP contribution in [0.3, 0.4) is 0 Å². The average Bonchev–Trinajstić information content (AvgIpc) is 3.10. The Hall–Kier alpha value is -4.11. The molecule has 1 unspecified atom stereocenters. The average molecular weight is 464 g/mol. The van der Waals surface area contributed by atoms with E-state index in [9.17, 15) is 14.4 Å². The van der Waals surface area contributed by atoms with Gasteiger partial charge in [-0.25, -0.2) is 9.59 Å². The van der Waals surface area contributed by atoms with Crippen LogP contribution in [-0.2, 0) is 45.4 Å². The molecule has 3 N–H and O–H groups in total. The second-order valence-corrected chi connectivity index (χ2v) is 7.71. The molecule has 0 aromatic heterocycles. The minimum atomic E-state index is -1.90. The summed E-state index contributed by atoms with van der Waals surface area (Å²) >= 11 is 0. The molecule has 2 aromatic carbocycles. The number of rotatable bonds is 7. The molecule has 0 saturated carbocycles. The van der Waals surface area contributed by atoms with Gasteiger partial charge < -0.3 is 30.0 Å². The van der Waals surface area contributed by atoms with E-state index in [2.05, 4.69) is 5.32 Å². The number of para-hydroxylation sites is 1. The number of amides is 1. The highest BCUT2D eigenvalue weighted by molar-refractivity contribution is 6.21. The molecule has 1 spiro atoms. The number of carbonyl (C=O) groups excluding carboxylic acids is 3. The van der Waals surface area contributed by atoms with Gasteiger partial charge in [0.1, 0.15) is 35.5 Å². The van der Waals surface area contributed by atoms with Crippen LogP contribution in [0.5, 0.6) is 0 Å². The predicted octanol–water partition coefficient (Wildman–Crippen LogP) is 2.28. The van der Waals surface area contributed by atoms with Crippen LogP contribution in [-0.4, -0.2) is 38.2 Å². The van der Waals surface area contributed by atoms with E-state index in [1.165, 1.54) is 14.0 Å². The van der Waals surface area contributed by atoms with Gasteiger partial charge in [-0.15, -0.1) is 0 Å². The van der Waals surface area contributed by atoms with Crippen LogP contribution in [0, 0.1) is 0 Å². The third-order valence-electron chi connectivity index (χ3n) is 5.67. The molecular weight excluding hydrogens is 440 g/mol. The zero-order valence-electron chi connectivity index (χ0n) is 18.8. The Labute approximate surface area is 196 Å². The molecule has 0 saturated heterocycles. The molecular formula is C25H24N2O7. The molecule has 0 bridgehead atoms. The van der Waals surface area contributed by atoms with Gasteiger partial charge in [-0.05, 0) is 18.6 Å². The van der Waals surface area contributed by atoms with Crippen LogP contribution in [0.25, 0.3) is 0 Å². The number of nitrogens with one attached hydrogen (secondary N) is 1. The van der Waals surface area contributed by atoms with E-state index in [4.69, 9.17) is 24.7 Å². The molecule has 2 aliphatic rings. The third-order valence-corrected chi connectivity index (χ3v) is 5.67. The van der Waals surface area contributed by atoms with Crippen molar-refractivity contribution in [3.63, 3.8) is 0 Å². The first-order valence-corrected chi connectivity index (χ1v) is 10.6. The maximum absolute atomic E-state index is 13.6. The highest BCUT2D eigenvalue weighted by Crippen LogP contribution is 2.52. The van der Waals surface area contributed by atoms with Gasteiger partial charge in [-0.2, -0.15) is 0 Å². The van der Waals surface area contributed by atoms with Crippen LogP contribution in [0.1, 0.15) is 18.1 Å². The second kappa shape index (κ2) is 9.40. The summed E-state index contributed by atoms with van der Waals surface area (Å²) in [5.74, 6) is -2.63. The maximum atomic E-state index is 13.6. The molecule has 176 valence electrons. The SMILES string of the molecule is COCCOC(=O)C1=C(C)OC(N)=C(C(=O)OCc2ccccc2)C12C(=O)Nc1ccccc12. The summed E-state index contributed by atoms with van der Waals surface area (Å²) in [5, 5.41) is 2.75. The lowest BCUT2D eigenvalue weighted by Gasteiger charge is -2.35. The van der Waals surface area contributed by atoms with Crippen molar-refractivity contribution in [3.8, 4) is 0 Å². The van der Waals surface area contributed by atoms with E-state index in [0.29, 0.717) is 11.3 Å². The molecule has 34 heavy (non-hydrogen) atoms. The summed E-state index contributed by atoms with van der Waals surface area (Å²) in [6, 6.07) is 15.8. The van der Waals surface area contributed by atoms with Gasteiger partial charge in [-0.3, -0.25) is 4.79 Å². The summed E-state index contributed by atoms with van der Waals surface area (Å²) in [6.07, 6.45) is 0. The molecule has 0 aliphatic carbocycles. The first kappa shape index (κ1) is 23.1. The van der Waals surface area contributed by atoms with Crippen LogP contribution >= 0.6 is 0 Å². The number of carbonyl (C=O) groups is 3. The highest BCUT2D eigenvalue weighted by atomic mass is 16.6. The number of nitrogens with two attached hydrogens (primary N) is 1. The smallest absolute Gasteiger partial charge is 0.341 e. The number of ether oxygens (including phenoxy) is 4. The summed E-state index contributed by atoms with van der Waals surface area (Å²) < 4.78 is 21.4. The first-order valence-electron chi connectivity index (χ1n) is 10.6. The van der Waals surface area contributed by atoms with E-state index in [1.807, 2.05) is 18.2 Å². The van der Waals surface area contributed by atoms with E-state index in [1.54, 1.807) is 36.4 Å². The van der Waals surface area contributed by atoms with E-state index < -0.39 is 23.3 Å². The minimum Gasteiger partial charge on any atom is -0.460 e. The minimum absolute atomic E-state index is 0.0476. The zero-order valence-corrected chi connectivity index (χ0v) is 18.8. The topological polar surface area (TPSA) is 126 Å². The molecule has 2 aliphatic heterocycles. The number of anilines is 1. The summed E-state index contributed by atoms with van der Waals surface area (Å²) in [5.41, 5.74) is 5.38. The van der Waals surface area contributed by atoms with Gasteiger partial charge in [0.15, 0.2) is 0 Å². The Bertz CT molecular complexity index is 1200.